The molecule has 2 heterocycles. The Labute approximate surface area is 108 Å². The largest absolute Gasteiger partial charge is 0.312 e. The van der Waals surface area contributed by atoms with Crippen LogP contribution in [0.25, 0.3) is 0 Å². The number of hydrogen-bond donors (Lipinski definition) is 1. The van der Waals surface area contributed by atoms with E-state index in [1.54, 1.807) is 0 Å². The van der Waals surface area contributed by atoms with E-state index in [4.69, 9.17) is 0 Å². The molecule has 0 aromatic heterocycles. The quantitative estimate of drug-likeness (QED) is 0.799. The smallest absolute Gasteiger partial charge is 0.151 e. The van der Waals surface area contributed by atoms with Crippen LogP contribution in [0, 0.1) is 0 Å². The van der Waals surface area contributed by atoms with Gasteiger partial charge in [0.15, 0.2) is 9.84 Å². The second kappa shape index (κ2) is 6.41. The van der Waals surface area contributed by atoms with Crippen LogP contribution >= 0.6 is 11.8 Å². The van der Waals surface area contributed by atoms with Gasteiger partial charge >= 0.3 is 0 Å². The topological polar surface area (TPSA) is 49.4 Å². The number of rotatable bonds is 3. The van der Waals surface area contributed by atoms with Gasteiger partial charge in [0.05, 0.1) is 11.5 Å². The van der Waals surface area contributed by atoms with Gasteiger partial charge in [0, 0.05) is 30.6 Å². The van der Waals surface area contributed by atoms with Gasteiger partial charge in [0.1, 0.15) is 0 Å². The zero-order chi connectivity index (χ0) is 12.1. The standard InChI is InChI=1S/C11H22N2O2S2/c14-17(15)8-1-4-13(6-9-17)5-2-11-10-16-7-3-12-11/h11-12H,1-10H2. The van der Waals surface area contributed by atoms with Crippen molar-refractivity contribution >= 4 is 21.6 Å². The molecule has 0 spiro atoms. The molecule has 2 aliphatic rings. The first-order chi connectivity index (χ1) is 8.16. The van der Waals surface area contributed by atoms with E-state index in [-0.39, 0.29) is 0 Å². The first-order valence-corrected chi connectivity index (χ1v) is 9.37. The Morgan fingerprint density at radius 3 is 2.94 bits per heavy atom. The molecule has 0 bridgehead atoms. The van der Waals surface area contributed by atoms with E-state index in [0.29, 0.717) is 17.5 Å². The van der Waals surface area contributed by atoms with Crippen LogP contribution in [-0.2, 0) is 9.84 Å². The Morgan fingerprint density at radius 2 is 2.18 bits per heavy atom. The lowest BCUT2D eigenvalue weighted by molar-refractivity contribution is 0.278. The van der Waals surface area contributed by atoms with E-state index >= 15 is 0 Å². The average Bonchev–Trinajstić information content (AvgIpc) is 2.49. The summed E-state index contributed by atoms with van der Waals surface area (Å²) in [7, 11) is -2.76. The zero-order valence-electron chi connectivity index (χ0n) is 10.2. The van der Waals surface area contributed by atoms with E-state index in [1.807, 2.05) is 11.8 Å². The zero-order valence-corrected chi connectivity index (χ0v) is 11.9. The molecule has 2 aliphatic heterocycles. The molecule has 100 valence electrons. The summed E-state index contributed by atoms with van der Waals surface area (Å²) in [5.41, 5.74) is 0. The Hall–Kier alpha value is 0.220. The second-order valence-electron chi connectivity index (χ2n) is 4.86. The molecule has 4 nitrogen and oxygen atoms in total. The minimum Gasteiger partial charge on any atom is -0.312 e. The molecular formula is C11H22N2O2S2. The van der Waals surface area contributed by atoms with Gasteiger partial charge in [0.2, 0.25) is 0 Å². The van der Waals surface area contributed by atoms with Gasteiger partial charge in [-0.1, -0.05) is 0 Å². The Balaban J connectivity index is 1.71. The molecule has 6 heteroatoms. The number of thioether (sulfide) groups is 1. The Bertz CT molecular complexity index is 326. The predicted molar refractivity (Wildman–Crippen MR) is 73.4 cm³/mol. The van der Waals surface area contributed by atoms with Crippen LogP contribution in [0.4, 0.5) is 0 Å². The molecule has 0 aromatic rings. The van der Waals surface area contributed by atoms with E-state index < -0.39 is 9.84 Å². The van der Waals surface area contributed by atoms with Crippen LogP contribution in [-0.4, -0.2) is 68.5 Å². The molecule has 2 fully saturated rings. The molecule has 2 rings (SSSR count). The summed E-state index contributed by atoms with van der Waals surface area (Å²) in [6.45, 7) is 3.82. The fourth-order valence-electron chi connectivity index (χ4n) is 2.36. The third-order valence-corrected chi connectivity index (χ3v) is 6.29. The monoisotopic (exact) mass is 278 g/mol. The normalized spacial score (nSPS) is 30.9. The second-order valence-corrected chi connectivity index (χ2v) is 8.32. The highest BCUT2D eigenvalue weighted by atomic mass is 32.2. The van der Waals surface area contributed by atoms with E-state index in [9.17, 15) is 8.42 Å². The average molecular weight is 278 g/mol. The first-order valence-electron chi connectivity index (χ1n) is 6.40. The highest BCUT2D eigenvalue weighted by Crippen LogP contribution is 2.12. The van der Waals surface area contributed by atoms with Crippen LogP contribution in [0.5, 0.6) is 0 Å². The van der Waals surface area contributed by atoms with E-state index in [1.165, 1.54) is 11.5 Å². The number of sulfone groups is 1. The van der Waals surface area contributed by atoms with Crippen LogP contribution in [0.1, 0.15) is 12.8 Å². The third kappa shape index (κ3) is 4.77. The van der Waals surface area contributed by atoms with Crippen molar-refractivity contribution in [2.24, 2.45) is 0 Å². The lowest BCUT2D eigenvalue weighted by Gasteiger charge is -2.26. The van der Waals surface area contributed by atoms with Crippen LogP contribution < -0.4 is 5.32 Å². The summed E-state index contributed by atoms with van der Waals surface area (Å²) in [4.78, 5) is 2.31. The highest BCUT2D eigenvalue weighted by molar-refractivity contribution is 7.99. The van der Waals surface area contributed by atoms with Gasteiger partial charge < -0.3 is 10.2 Å². The molecule has 1 atom stereocenters. The summed E-state index contributed by atoms with van der Waals surface area (Å²) >= 11 is 2.02. The van der Waals surface area contributed by atoms with Crippen molar-refractivity contribution in [3.8, 4) is 0 Å². The molecule has 1 N–H and O–H groups in total. The molecule has 0 aromatic carbocycles. The highest BCUT2D eigenvalue weighted by Gasteiger charge is 2.20. The van der Waals surface area contributed by atoms with Gasteiger partial charge in [-0.2, -0.15) is 11.8 Å². The van der Waals surface area contributed by atoms with Crippen molar-refractivity contribution in [1.82, 2.24) is 10.2 Å². The number of nitrogens with one attached hydrogen (secondary N) is 1. The van der Waals surface area contributed by atoms with Crippen molar-refractivity contribution in [2.45, 2.75) is 18.9 Å². The van der Waals surface area contributed by atoms with Gasteiger partial charge in [-0.3, -0.25) is 0 Å². The van der Waals surface area contributed by atoms with Crippen molar-refractivity contribution in [3.63, 3.8) is 0 Å². The minimum atomic E-state index is -2.76. The molecular weight excluding hydrogens is 256 g/mol. The van der Waals surface area contributed by atoms with Gasteiger partial charge in [-0.15, -0.1) is 0 Å². The van der Waals surface area contributed by atoms with Gasteiger partial charge in [-0.25, -0.2) is 8.42 Å². The van der Waals surface area contributed by atoms with E-state index in [2.05, 4.69) is 10.2 Å². The Morgan fingerprint density at radius 1 is 1.29 bits per heavy atom. The number of nitrogens with zero attached hydrogens (tertiary/aromatic N) is 1. The fourth-order valence-corrected chi connectivity index (χ4v) is 4.66. The summed E-state index contributed by atoms with van der Waals surface area (Å²) in [5, 5.41) is 3.52. The van der Waals surface area contributed by atoms with Crippen molar-refractivity contribution in [1.29, 1.82) is 0 Å². The van der Waals surface area contributed by atoms with E-state index in [0.717, 1.165) is 39.0 Å². The first kappa shape index (κ1) is 13.6. The molecule has 0 radical (unpaired) electrons. The van der Waals surface area contributed by atoms with Crippen LogP contribution in [0.2, 0.25) is 0 Å². The maximum atomic E-state index is 11.5. The summed E-state index contributed by atoms with van der Waals surface area (Å²) in [5.74, 6) is 3.14. The summed E-state index contributed by atoms with van der Waals surface area (Å²) in [6, 6.07) is 0.619. The van der Waals surface area contributed by atoms with Crippen molar-refractivity contribution in [2.75, 3.05) is 49.2 Å². The molecule has 1 unspecified atom stereocenters. The maximum absolute atomic E-state index is 11.5. The van der Waals surface area contributed by atoms with Crippen LogP contribution in [0.3, 0.4) is 0 Å². The van der Waals surface area contributed by atoms with Crippen molar-refractivity contribution < 1.29 is 8.42 Å². The lowest BCUT2D eigenvalue weighted by atomic mass is 10.2. The predicted octanol–water partition coefficient (Wildman–Crippen LogP) is 0.202. The number of hydrogen-bond acceptors (Lipinski definition) is 5. The summed E-state index contributed by atoms with van der Waals surface area (Å²) < 4.78 is 23.0. The lowest BCUT2D eigenvalue weighted by Crippen LogP contribution is -2.40. The molecule has 0 saturated carbocycles. The third-order valence-electron chi connectivity index (χ3n) is 3.44. The minimum absolute atomic E-state index is 0.347. The molecule has 0 aliphatic carbocycles. The summed E-state index contributed by atoms with van der Waals surface area (Å²) in [6.07, 6.45) is 1.95. The fraction of sp³-hybridized carbons (Fsp3) is 1.00. The van der Waals surface area contributed by atoms with Crippen LogP contribution in [0.15, 0.2) is 0 Å². The van der Waals surface area contributed by atoms with Crippen molar-refractivity contribution in [3.05, 3.63) is 0 Å². The van der Waals surface area contributed by atoms with Gasteiger partial charge in [0.25, 0.3) is 0 Å². The van der Waals surface area contributed by atoms with Gasteiger partial charge in [-0.05, 0) is 25.9 Å². The molecule has 2 saturated heterocycles. The SMILES string of the molecule is O=S1(=O)CCCN(CCC2CSCCN2)CC1. The molecule has 0 amide bonds. The Kier molecular flexibility index (Phi) is 5.14. The molecule has 17 heavy (non-hydrogen) atoms. The maximum Gasteiger partial charge on any atom is 0.151 e.